The molecular weight excluding hydrogens is 425 g/mol. The van der Waals surface area contributed by atoms with Crippen LogP contribution in [0.3, 0.4) is 0 Å². The maximum Gasteiger partial charge on any atom is 0.262 e. The zero-order chi connectivity index (χ0) is 21.3. The Morgan fingerprint density at radius 3 is 2.70 bits per heavy atom. The maximum absolute atomic E-state index is 14.0. The molecule has 0 unspecified atom stereocenters. The van der Waals surface area contributed by atoms with E-state index < -0.39 is 5.82 Å². The lowest BCUT2D eigenvalue weighted by Gasteiger charge is -2.19. The average molecular weight is 442 g/mol. The number of likely N-dealkylation sites (N-methyl/N-ethyl adjacent to an activating group) is 1. The van der Waals surface area contributed by atoms with Crippen LogP contribution in [0, 0.1) is 5.82 Å². The monoisotopic (exact) mass is 441 g/mol. The Hall–Kier alpha value is -3.03. The molecule has 0 radical (unpaired) electrons. The van der Waals surface area contributed by atoms with Gasteiger partial charge in [0.15, 0.2) is 0 Å². The van der Waals surface area contributed by atoms with Crippen molar-refractivity contribution >= 4 is 39.1 Å². The van der Waals surface area contributed by atoms with Crippen LogP contribution in [0.15, 0.2) is 65.7 Å². The van der Waals surface area contributed by atoms with Crippen LogP contribution in [0.5, 0.6) is 0 Å². The van der Waals surface area contributed by atoms with Gasteiger partial charge in [0.2, 0.25) is 5.91 Å². The Morgan fingerprint density at radius 2 is 1.97 bits per heavy atom. The summed E-state index contributed by atoms with van der Waals surface area (Å²) in [6, 6.07) is 15.9. The Kier molecular flexibility index (Phi) is 5.65. The van der Waals surface area contributed by atoms with Crippen LogP contribution in [0.2, 0.25) is 5.02 Å². The second-order valence-corrected chi connectivity index (χ2v) is 8.26. The van der Waals surface area contributed by atoms with Crippen molar-refractivity contribution in [3.8, 4) is 10.4 Å². The molecule has 5 nitrogen and oxygen atoms in total. The molecule has 2 aromatic carbocycles. The largest absolute Gasteiger partial charge is 0.340 e. The summed E-state index contributed by atoms with van der Waals surface area (Å²) in [6.45, 7) is -0.188. The molecular formula is C22H17ClFN3O2S. The lowest BCUT2D eigenvalue weighted by Crippen LogP contribution is -2.33. The smallest absolute Gasteiger partial charge is 0.262 e. The normalized spacial score (nSPS) is 11.0. The maximum atomic E-state index is 14.0. The van der Waals surface area contributed by atoms with Crippen molar-refractivity contribution in [2.24, 2.45) is 0 Å². The minimum atomic E-state index is -0.478. The van der Waals surface area contributed by atoms with Gasteiger partial charge in [-0.05, 0) is 23.8 Å². The van der Waals surface area contributed by atoms with Gasteiger partial charge < -0.3 is 4.90 Å². The first-order chi connectivity index (χ1) is 14.4. The molecule has 30 heavy (non-hydrogen) atoms. The SMILES string of the molecule is CN(Cc1c(F)cccc1Cl)C(=O)Cn1cnc2sc(-c3ccccc3)cc2c1=O. The molecule has 0 aliphatic carbocycles. The molecule has 0 N–H and O–H groups in total. The summed E-state index contributed by atoms with van der Waals surface area (Å²) < 4.78 is 15.3. The topological polar surface area (TPSA) is 55.2 Å². The van der Waals surface area contributed by atoms with E-state index in [1.165, 1.54) is 39.3 Å². The number of aromatic nitrogens is 2. The first-order valence-electron chi connectivity index (χ1n) is 9.15. The number of rotatable bonds is 5. The highest BCUT2D eigenvalue weighted by atomic mass is 35.5. The van der Waals surface area contributed by atoms with E-state index in [1.807, 2.05) is 30.3 Å². The molecule has 0 fully saturated rings. The van der Waals surface area contributed by atoms with Crippen LogP contribution in [0.25, 0.3) is 20.7 Å². The summed E-state index contributed by atoms with van der Waals surface area (Å²) in [4.78, 5) is 32.7. The van der Waals surface area contributed by atoms with Gasteiger partial charge in [-0.15, -0.1) is 11.3 Å². The van der Waals surface area contributed by atoms with Crippen molar-refractivity contribution in [1.29, 1.82) is 0 Å². The van der Waals surface area contributed by atoms with Gasteiger partial charge >= 0.3 is 0 Å². The number of halogens is 2. The van der Waals surface area contributed by atoms with E-state index >= 15 is 0 Å². The molecule has 0 saturated carbocycles. The van der Waals surface area contributed by atoms with Crippen molar-refractivity contribution in [1.82, 2.24) is 14.5 Å². The third-order valence-corrected chi connectivity index (χ3v) is 6.21. The van der Waals surface area contributed by atoms with E-state index in [1.54, 1.807) is 19.2 Å². The Labute approximate surface area is 181 Å². The van der Waals surface area contributed by atoms with Gasteiger partial charge in [0.25, 0.3) is 5.56 Å². The molecule has 0 aliphatic heterocycles. The molecule has 0 saturated heterocycles. The Balaban J connectivity index is 1.57. The zero-order valence-corrected chi connectivity index (χ0v) is 17.6. The standard InChI is InChI=1S/C22H17ClFN3O2S/c1-26(11-16-17(23)8-5-9-18(16)24)20(28)12-27-13-25-21-15(22(27)29)10-19(30-21)14-6-3-2-4-7-14/h2-10,13H,11-12H2,1H3. The lowest BCUT2D eigenvalue weighted by molar-refractivity contribution is -0.131. The van der Waals surface area contributed by atoms with Crippen molar-refractivity contribution in [3.05, 3.63) is 87.7 Å². The molecule has 2 heterocycles. The van der Waals surface area contributed by atoms with Gasteiger partial charge in [0.1, 0.15) is 17.2 Å². The van der Waals surface area contributed by atoms with E-state index in [0.717, 1.165) is 10.4 Å². The van der Waals surface area contributed by atoms with Crippen molar-refractivity contribution in [3.63, 3.8) is 0 Å². The third-order valence-electron chi connectivity index (χ3n) is 4.76. The fourth-order valence-corrected chi connectivity index (χ4v) is 4.31. The van der Waals surface area contributed by atoms with Gasteiger partial charge in [0.05, 0.1) is 11.7 Å². The second-order valence-electron chi connectivity index (χ2n) is 6.82. The number of amides is 1. The predicted molar refractivity (Wildman–Crippen MR) is 117 cm³/mol. The molecule has 4 rings (SSSR count). The highest BCUT2D eigenvalue weighted by Crippen LogP contribution is 2.30. The number of fused-ring (bicyclic) bond motifs is 1. The molecule has 4 aromatic rings. The van der Waals surface area contributed by atoms with E-state index in [4.69, 9.17) is 11.6 Å². The summed E-state index contributed by atoms with van der Waals surface area (Å²) >= 11 is 7.47. The number of hydrogen-bond donors (Lipinski definition) is 0. The van der Waals surface area contributed by atoms with Crippen LogP contribution in [-0.4, -0.2) is 27.4 Å². The molecule has 0 aliphatic rings. The number of carbonyl (C=O) groups excluding carboxylic acids is 1. The molecule has 8 heteroatoms. The second kappa shape index (κ2) is 8.38. The molecule has 1 amide bonds. The van der Waals surface area contributed by atoms with Crippen LogP contribution in [-0.2, 0) is 17.9 Å². The Bertz CT molecular complexity index is 1270. The fraction of sp³-hybridized carbons (Fsp3) is 0.136. The van der Waals surface area contributed by atoms with Crippen molar-refractivity contribution in [2.75, 3.05) is 7.05 Å². The van der Waals surface area contributed by atoms with E-state index in [9.17, 15) is 14.0 Å². The van der Waals surface area contributed by atoms with Gasteiger partial charge in [-0.1, -0.05) is 48.0 Å². The first-order valence-corrected chi connectivity index (χ1v) is 10.3. The van der Waals surface area contributed by atoms with Crippen LogP contribution in [0.1, 0.15) is 5.56 Å². The van der Waals surface area contributed by atoms with Crippen molar-refractivity contribution in [2.45, 2.75) is 13.1 Å². The quantitative estimate of drug-likeness (QED) is 0.455. The minimum absolute atomic E-state index is 0.00533. The summed E-state index contributed by atoms with van der Waals surface area (Å²) in [5, 5.41) is 0.718. The summed E-state index contributed by atoms with van der Waals surface area (Å²) in [5.74, 6) is -0.829. The summed E-state index contributed by atoms with van der Waals surface area (Å²) in [6.07, 6.45) is 1.37. The van der Waals surface area contributed by atoms with Crippen molar-refractivity contribution < 1.29 is 9.18 Å². The summed E-state index contributed by atoms with van der Waals surface area (Å²) in [5.41, 5.74) is 0.953. The van der Waals surface area contributed by atoms with E-state index in [2.05, 4.69) is 4.98 Å². The number of thiophene rings is 1. The van der Waals surface area contributed by atoms with Gasteiger partial charge in [0, 0.05) is 29.1 Å². The average Bonchev–Trinajstić information content (AvgIpc) is 3.18. The lowest BCUT2D eigenvalue weighted by atomic mass is 10.2. The molecule has 0 atom stereocenters. The van der Waals surface area contributed by atoms with Crippen LogP contribution >= 0.6 is 22.9 Å². The van der Waals surface area contributed by atoms with Gasteiger partial charge in [-0.25, -0.2) is 9.37 Å². The Morgan fingerprint density at radius 1 is 1.20 bits per heavy atom. The molecule has 152 valence electrons. The molecule has 0 spiro atoms. The molecule has 0 bridgehead atoms. The van der Waals surface area contributed by atoms with Crippen LogP contribution in [0.4, 0.5) is 4.39 Å². The van der Waals surface area contributed by atoms with Gasteiger partial charge in [-0.3, -0.25) is 14.2 Å². The number of carbonyl (C=O) groups is 1. The predicted octanol–water partition coefficient (Wildman–Crippen LogP) is 4.58. The number of nitrogens with zero attached hydrogens (tertiary/aromatic N) is 3. The first kappa shape index (κ1) is 20.3. The zero-order valence-electron chi connectivity index (χ0n) is 16.0. The number of hydrogen-bond acceptors (Lipinski definition) is 4. The van der Waals surface area contributed by atoms with E-state index in [0.29, 0.717) is 10.2 Å². The third kappa shape index (κ3) is 3.99. The highest BCUT2D eigenvalue weighted by Gasteiger charge is 2.17. The highest BCUT2D eigenvalue weighted by molar-refractivity contribution is 7.21. The minimum Gasteiger partial charge on any atom is -0.340 e. The van der Waals surface area contributed by atoms with E-state index in [-0.39, 0.29) is 35.1 Å². The van der Waals surface area contributed by atoms with Crippen LogP contribution < -0.4 is 5.56 Å². The van der Waals surface area contributed by atoms with Gasteiger partial charge in [-0.2, -0.15) is 0 Å². The summed E-state index contributed by atoms with van der Waals surface area (Å²) in [7, 11) is 1.54. The molecule has 2 aromatic heterocycles. The fourth-order valence-electron chi connectivity index (χ4n) is 3.09. The number of benzene rings is 2.